The summed E-state index contributed by atoms with van der Waals surface area (Å²) in [6, 6.07) is 8.90. The molecular formula is C17H18ClN3O3. The SMILES string of the molecule is O=[N+]([O-])c1cnccc1N1CCC([C@@H](O)c2ccc(Cl)cc2)CC1. The molecular weight excluding hydrogens is 330 g/mol. The quantitative estimate of drug-likeness (QED) is 0.675. The second-order valence-electron chi connectivity index (χ2n) is 5.94. The number of hydrogen-bond donors (Lipinski definition) is 1. The van der Waals surface area contributed by atoms with Crippen LogP contribution in [0.3, 0.4) is 0 Å². The molecule has 7 heteroatoms. The number of rotatable bonds is 4. The summed E-state index contributed by atoms with van der Waals surface area (Å²) in [6.07, 6.45) is 3.84. The van der Waals surface area contributed by atoms with E-state index < -0.39 is 11.0 Å². The van der Waals surface area contributed by atoms with Crippen LogP contribution in [0.1, 0.15) is 24.5 Å². The highest BCUT2D eigenvalue weighted by Crippen LogP contribution is 2.35. The van der Waals surface area contributed by atoms with Gasteiger partial charge < -0.3 is 10.0 Å². The van der Waals surface area contributed by atoms with Gasteiger partial charge in [-0.05, 0) is 42.5 Å². The van der Waals surface area contributed by atoms with E-state index in [1.807, 2.05) is 17.0 Å². The average molecular weight is 348 g/mol. The van der Waals surface area contributed by atoms with E-state index in [0.29, 0.717) is 23.8 Å². The van der Waals surface area contributed by atoms with Crippen molar-refractivity contribution in [3.05, 3.63) is 63.4 Å². The van der Waals surface area contributed by atoms with Crippen LogP contribution in [0.2, 0.25) is 5.02 Å². The number of pyridine rings is 1. The Hall–Kier alpha value is -2.18. The van der Waals surface area contributed by atoms with Crippen LogP contribution in [0.25, 0.3) is 0 Å². The van der Waals surface area contributed by atoms with Gasteiger partial charge in [-0.25, -0.2) is 0 Å². The number of aliphatic hydroxyl groups is 1. The molecule has 1 N–H and O–H groups in total. The molecule has 1 aromatic carbocycles. The molecule has 2 aromatic rings. The highest BCUT2D eigenvalue weighted by atomic mass is 35.5. The Kier molecular flexibility index (Phi) is 4.97. The summed E-state index contributed by atoms with van der Waals surface area (Å²) in [7, 11) is 0. The van der Waals surface area contributed by atoms with Gasteiger partial charge in [0.05, 0.1) is 11.0 Å². The summed E-state index contributed by atoms with van der Waals surface area (Å²) >= 11 is 5.88. The molecule has 0 radical (unpaired) electrons. The Labute approximate surface area is 144 Å². The zero-order chi connectivity index (χ0) is 17.1. The lowest BCUT2D eigenvalue weighted by Gasteiger charge is -2.35. The molecule has 1 aromatic heterocycles. The fourth-order valence-corrected chi connectivity index (χ4v) is 3.30. The molecule has 0 aliphatic carbocycles. The number of hydrogen-bond acceptors (Lipinski definition) is 5. The summed E-state index contributed by atoms with van der Waals surface area (Å²) in [5.74, 6) is 0.128. The molecule has 3 rings (SSSR count). The molecule has 0 spiro atoms. The van der Waals surface area contributed by atoms with E-state index in [2.05, 4.69) is 4.98 Å². The average Bonchev–Trinajstić information content (AvgIpc) is 2.62. The van der Waals surface area contributed by atoms with E-state index >= 15 is 0 Å². The van der Waals surface area contributed by atoms with Crippen LogP contribution in [0.4, 0.5) is 11.4 Å². The van der Waals surface area contributed by atoms with Gasteiger partial charge in [-0.1, -0.05) is 23.7 Å². The Morgan fingerprint density at radius 1 is 1.25 bits per heavy atom. The molecule has 2 heterocycles. The van der Waals surface area contributed by atoms with Crippen molar-refractivity contribution < 1.29 is 10.0 Å². The second-order valence-corrected chi connectivity index (χ2v) is 6.38. The highest BCUT2D eigenvalue weighted by molar-refractivity contribution is 6.30. The van der Waals surface area contributed by atoms with Gasteiger partial charge >= 0.3 is 5.69 Å². The number of halogens is 1. The lowest BCUT2D eigenvalue weighted by molar-refractivity contribution is -0.384. The monoisotopic (exact) mass is 347 g/mol. The Morgan fingerprint density at radius 3 is 2.54 bits per heavy atom. The minimum absolute atomic E-state index is 0.0224. The smallest absolute Gasteiger partial charge is 0.310 e. The molecule has 1 fully saturated rings. The number of piperidine rings is 1. The zero-order valence-corrected chi connectivity index (χ0v) is 13.8. The first-order valence-corrected chi connectivity index (χ1v) is 8.21. The molecule has 0 bridgehead atoms. The van der Waals surface area contributed by atoms with Crippen molar-refractivity contribution in [3.63, 3.8) is 0 Å². The van der Waals surface area contributed by atoms with Crippen molar-refractivity contribution >= 4 is 23.0 Å². The van der Waals surface area contributed by atoms with E-state index in [1.165, 1.54) is 6.20 Å². The Morgan fingerprint density at radius 2 is 1.92 bits per heavy atom. The molecule has 1 atom stereocenters. The van der Waals surface area contributed by atoms with Gasteiger partial charge in [0.2, 0.25) is 0 Å². The molecule has 6 nitrogen and oxygen atoms in total. The van der Waals surface area contributed by atoms with Gasteiger partial charge in [-0.3, -0.25) is 15.1 Å². The van der Waals surface area contributed by atoms with E-state index in [4.69, 9.17) is 11.6 Å². The fraction of sp³-hybridized carbons (Fsp3) is 0.353. The maximum absolute atomic E-state index is 11.1. The number of aliphatic hydroxyl groups excluding tert-OH is 1. The van der Waals surface area contributed by atoms with Crippen molar-refractivity contribution in [1.29, 1.82) is 0 Å². The minimum atomic E-state index is -0.545. The van der Waals surface area contributed by atoms with Gasteiger partial charge in [0.15, 0.2) is 0 Å². The number of aromatic nitrogens is 1. The van der Waals surface area contributed by atoms with Crippen molar-refractivity contribution in [1.82, 2.24) is 4.98 Å². The zero-order valence-electron chi connectivity index (χ0n) is 13.0. The first-order valence-electron chi connectivity index (χ1n) is 7.83. The number of nitrogens with zero attached hydrogens (tertiary/aromatic N) is 3. The number of benzene rings is 1. The predicted octanol–water partition coefficient (Wildman–Crippen LogP) is 3.59. The van der Waals surface area contributed by atoms with Crippen molar-refractivity contribution in [2.75, 3.05) is 18.0 Å². The predicted molar refractivity (Wildman–Crippen MR) is 92.2 cm³/mol. The van der Waals surface area contributed by atoms with Gasteiger partial charge in [-0.2, -0.15) is 0 Å². The topological polar surface area (TPSA) is 79.5 Å². The van der Waals surface area contributed by atoms with Crippen molar-refractivity contribution in [3.8, 4) is 0 Å². The first kappa shape index (κ1) is 16.7. The molecule has 126 valence electrons. The third kappa shape index (κ3) is 3.49. The minimum Gasteiger partial charge on any atom is -0.388 e. The normalized spacial score (nSPS) is 16.8. The maximum Gasteiger partial charge on any atom is 0.310 e. The van der Waals surface area contributed by atoms with Crippen LogP contribution < -0.4 is 4.90 Å². The molecule has 1 aliphatic heterocycles. The summed E-state index contributed by atoms with van der Waals surface area (Å²) in [4.78, 5) is 16.6. The van der Waals surface area contributed by atoms with Crippen LogP contribution in [-0.4, -0.2) is 28.1 Å². The van der Waals surface area contributed by atoms with Gasteiger partial charge in [0.1, 0.15) is 11.9 Å². The standard InChI is InChI=1S/C17H18ClN3O3/c18-14-3-1-12(2-4-14)17(22)13-6-9-20(10-7-13)15-5-8-19-11-16(15)21(23)24/h1-5,8,11,13,17,22H,6-7,9-10H2/t17-/m0/s1. The van der Waals surface area contributed by atoms with Gasteiger partial charge in [0.25, 0.3) is 0 Å². The molecule has 1 aliphatic rings. The van der Waals surface area contributed by atoms with Crippen LogP contribution in [0.15, 0.2) is 42.7 Å². The lowest BCUT2D eigenvalue weighted by Crippen LogP contribution is -2.36. The van der Waals surface area contributed by atoms with Crippen molar-refractivity contribution in [2.45, 2.75) is 18.9 Å². The van der Waals surface area contributed by atoms with E-state index in [-0.39, 0.29) is 11.6 Å². The fourth-order valence-electron chi connectivity index (χ4n) is 3.18. The van der Waals surface area contributed by atoms with Gasteiger partial charge in [-0.15, -0.1) is 0 Å². The lowest BCUT2D eigenvalue weighted by atomic mass is 9.87. The first-order chi connectivity index (χ1) is 11.6. The summed E-state index contributed by atoms with van der Waals surface area (Å²) in [6.45, 7) is 1.33. The second kappa shape index (κ2) is 7.15. The largest absolute Gasteiger partial charge is 0.388 e. The Bertz CT molecular complexity index is 715. The van der Waals surface area contributed by atoms with Gasteiger partial charge in [0, 0.05) is 24.3 Å². The van der Waals surface area contributed by atoms with Crippen LogP contribution in [0, 0.1) is 16.0 Å². The third-order valence-electron chi connectivity index (χ3n) is 4.51. The van der Waals surface area contributed by atoms with Crippen LogP contribution in [0.5, 0.6) is 0 Å². The molecule has 0 unspecified atom stereocenters. The van der Waals surface area contributed by atoms with E-state index in [0.717, 1.165) is 18.4 Å². The van der Waals surface area contributed by atoms with Crippen molar-refractivity contribution in [2.24, 2.45) is 5.92 Å². The van der Waals surface area contributed by atoms with Crippen LogP contribution >= 0.6 is 11.6 Å². The number of nitro groups is 1. The summed E-state index contributed by atoms with van der Waals surface area (Å²) in [5, 5.41) is 22.3. The number of anilines is 1. The molecule has 0 amide bonds. The van der Waals surface area contributed by atoms with E-state index in [9.17, 15) is 15.2 Å². The molecule has 0 saturated carbocycles. The van der Waals surface area contributed by atoms with E-state index in [1.54, 1.807) is 24.4 Å². The molecule has 24 heavy (non-hydrogen) atoms. The highest BCUT2D eigenvalue weighted by Gasteiger charge is 2.29. The summed E-state index contributed by atoms with van der Waals surface area (Å²) in [5.41, 5.74) is 1.47. The summed E-state index contributed by atoms with van der Waals surface area (Å²) < 4.78 is 0. The Balaban J connectivity index is 1.68. The van der Waals surface area contributed by atoms with Crippen LogP contribution in [-0.2, 0) is 0 Å². The maximum atomic E-state index is 11.1. The third-order valence-corrected chi connectivity index (χ3v) is 4.76. The molecule has 1 saturated heterocycles.